The standard InChI is InChI=1S/C15H16BrF3N4S/c1-10-13(16)9-23(22-10)7-3-6-20-14(24)21-12-5-2-4-11(8-12)15(17,18)19/h2,4-5,8-9H,3,6-7H2,1H3,(H2,20,21,24). The predicted molar refractivity (Wildman–Crippen MR) is 94.9 cm³/mol. The first-order valence-electron chi connectivity index (χ1n) is 7.17. The molecular weight excluding hydrogens is 405 g/mol. The second kappa shape index (κ2) is 7.98. The highest BCUT2D eigenvalue weighted by Crippen LogP contribution is 2.30. The van der Waals surface area contributed by atoms with Gasteiger partial charge in [0.15, 0.2) is 5.11 Å². The highest BCUT2D eigenvalue weighted by atomic mass is 79.9. The molecule has 0 atom stereocenters. The summed E-state index contributed by atoms with van der Waals surface area (Å²) in [4.78, 5) is 0. The van der Waals surface area contributed by atoms with E-state index in [9.17, 15) is 13.2 Å². The third-order valence-corrected chi connectivity index (χ3v) is 4.21. The Bertz CT molecular complexity index is 695. The Kier molecular flexibility index (Phi) is 6.22. The van der Waals surface area contributed by atoms with Crippen LogP contribution >= 0.6 is 28.1 Å². The van der Waals surface area contributed by atoms with E-state index in [4.69, 9.17) is 12.2 Å². The Morgan fingerprint density at radius 2 is 2.12 bits per heavy atom. The maximum Gasteiger partial charge on any atom is 0.416 e. The van der Waals surface area contributed by atoms with Crippen LogP contribution in [0.4, 0.5) is 18.9 Å². The van der Waals surface area contributed by atoms with Gasteiger partial charge in [0.2, 0.25) is 0 Å². The van der Waals surface area contributed by atoms with E-state index in [0.29, 0.717) is 18.8 Å². The van der Waals surface area contributed by atoms with Crippen LogP contribution in [0.3, 0.4) is 0 Å². The lowest BCUT2D eigenvalue weighted by atomic mass is 10.2. The number of benzene rings is 1. The van der Waals surface area contributed by atoms with Crippen LogP contribution in [0.5, 0.6) is 0 Å². The molecule has 0 unspecified atom stereocenters. The second-order valence-corrected chi connectivity index (χ2v) is 6.40. The molecule has 130 valence electrons. The zero-order valence-electron chi connectivity index (χ0n) is 12.8. The van der Waals surface area contributed by atoms with Crippen LogP contribution in [-0.2, 0) is 12.7 Å². The minimum Gasteiger partial charge on any atom is -0.362 e. The van der Waals surface area contributed by atoms with Gasteiger partial charge in [-0.2, -0.15) is 18.3 Å². The van der Waals surface area contributed by atoms with Crippen molar-refractivity contribution in [1.29, 1.82) is 0 Å². The van der Waals surface area contributed by atoms with Crippen LogP contribution in [0.1, 0.15) is 17.7 Å². The number of alkyl halides is 3. The van der Waals surface area contributed by atoms with E-state index < -0.39 is 11.7 Å². The van der Waals surface area contributed by atoms with Gasteiger partial charge in [-0.25, -0.2) is 0 Å². The molecule has 0 aliphatic heterocycles. The minimum absolute atomic E-state index is 0.284. The summed E-state index contributed by atoms with van der Waals surface area (Å²) in [5, 5.41) is 10.3. The lowest BCUT2D eigenvalue weighted by Gasteiger charge is -2.12. The van der Waals surface area contributed by atoms with Crippen LogP contribution in [0, 0.1) is 6.92 Å². The molecule has 1 aromatic carbocycles. The van der Waals surface area contributed by atoms with Gasteiger partial charge in [0.25, 0.3) is 0 Å². The van der Waals surface area contributed by atoms with Crippen LogP contribution < -0.4 is 10.6 Å². The van der Waals surface area contributed by atoms with Gasteiger partial charge in [0.1, 0.15) is 0 Å². The fourth-order valence-corrected chi connectivity index (χ4v) is 2.54. The number of halogens is 4. The average molecular weight is 421 g/mol. The first-order chi connectivity index (χ1) is 11.3. The van der Waals surface area contributed by atoms with Crippen molar-refractivity contribution in [3.63, 3.8) is 0 Å². The molecule has 0 saturated heterocycles. The zero-order chi connectivity index (χ0) is 17.7. The Labute approximate surface area is 151 Å². The van der Waals surface area contributed by atoms with Gasteiger partial charge >= 0.3 is 6.18 Å². The highest BCUT2D eigenvalue weighted by molar-refractivity contribution is 9.10. The molecule has 4 nitrogen and oxygen atoms in total. The second-order valence-electron chi connectivity index (χ2n) is 5.14. The van der Waals surface area contributed by atoms with Crippen molar-refractivity contribution in [2.75, 3.05) is 11.9 Å². The molecule has 1 heterocycles. The van der Waals surface area contributed by atoms with Crippen molar-refractivity contribution in [2.45, 2.75) is 26.1 Å². The number of thiocarbonyl (C=S) groups is 1. The van der Waals surface area contributed by atoms with Gasteiger partial charge in [-0.1, -0.05) is 6.07 Å². The summed E-state index contributed by atoms with van der Waals surface area (Å²) in [6.07, 6.45) is -1.70. The van der Waals surface area contributed by atoms with E-state index in [0.717, 1.165) is 28.7 Å². The summed E-state index contributed by atoms with van der Waals surface area (Å²) in [6.45, 7) is 3.21. The third-order valence-electron chi connectivity index (χ3n) is 3.18. The summed E-state index contributed by atoms with van der Waals surface area (Å²) in [5.74, 6) is 0. The Balaban J connectivity index is 1.77. The van der Waals surface area contributed by atoms with E-state index >= 15 is 0 Å². The van der Waals surface area contributed by atoms with Gasteiger partial charge < -0.3 is 10.6 Å². The van der Waals surface area contributed by atoms with Crippen molar-refractivity contribution < 1.29 is 13.2 Å². The Morgan fingerprint density at radius 3 is 2.75 bits per heavy atom. The molecule has 2 rings (SSSR count). The van der Waals surface area contributed by atoms with E-state index in [1.54, 1.807) is 0 Å². The predicted octanol–water partition coefficient (Wildman–Crippen LogP) is 4.35. The lowest BCUT2D eigenvalue weighted by molar-refractivity contribution is -0.137. The highest BCUT2D eigenvalue weighted by Gasteiger charge is 2.30. The van der Waals surface area contributed by atoms with Gasteiger partial charge in [-0.05, 0) is 59.7 Å². The molecule has 0 spiro atoms. The molecule has 9 heteroatoms. The van der Waals surface area contributed by atoms with Crippen LogP contribution in [0.2, 0.25) is 0 Å². The molecule has 24 heavy (non-hydrogen) atoms. The zero-order valence-corrected chi connectivity index (χ0v) is 15.2. The maximum absolute atomic E-state index is 12.7. The fourth-order valence-electron chi connectivity index (χ4n) is 2.00. The van der Waals surface area contributed by atoms with Crippen molar-refractivity contribution in [2.24, 2.45) is 0 Å². The van der Waals surface area contributed by atoms with E-state index in [-0.39, 0.29) is 5.11 Å². The largest absolute Gasteiger partial charge is 0.416 e. The monoisotopic (exact) mass is 420 g/mol. The third kappa shape index (κ3) is 5.48. The van der Waals surface area contributed by atoms with Gasteiger partial charge in [-0.15, -0.1) is 0 Å². The number of aromatic nitrogens is 2. The summed E-state index contributed by atoms with van der Waals surface area (Å²) < 4.78 is 40.8. The van der Waals surface area contributed by atoms with Crippen LogP contribution in [0.25, 0.3) is 0 Å². The molecule has 0 amide bonds. The Morgan fingerprint density at radius 1 is 1.38 bits per heavy atom. The Hall–Kier alpha value is -1.61. The normalized spacial score (nSPS) is 11.4. The number of nitrogens with zero attached hydrogens (tertiary/aromatic N) is 2. The molecule has 0 saturated carbocycles. The number of hydrogen-bond acceptors (Lipinski definition) is 2. The fraction of sp³-hybridized carbons (Fsp3) is 0.333. The van der Waals surface area contributed by atoms with Crippen molar-refractivity contribution in [3.8, 4) is 0 Å². The maximum atomic E-state index is 12.7. The summed E-state index contributed by atoms with van der Waals surface area (Å²) in [7, 11) is 0. The average Bonchev–Trinajstić information content (AvgIpc) is 2.82. The molecule has 0 aliphatic rings. The summed E-state index contributed by atoms with van der Waals surface area (Å²) in [5.41, 5.74) is 0.508. The molecule has 2 N–H and O–H groups in total. The van der Waals surface area contributed by atoms with Crippen molar-refractivity contribution in [3.05, 3.63) is 46.2 Å². The first-order valence-corrected chi connectivity index (χ1v) is 8.37. The number of hydrogen-bond donors (Lipinski definition) is 2. The number of aryl methyl sites for hydroxylation is 2. The van der Waals surface area contributed by atoms with E-state index in [1.807, 2.05) is 17.8 Å². The van der Waals surface area contributed by atoms with Gasteiger partial charge in [-0.3, -0.25) is 4.68 Å². The molecule has 2 aromatic rings. The molecule has 0 aliphatic carbocycles. The quantitative estimate of drug-likeness (QED) is 0.557. The number of rotatable bonds is 5. The molecule has 0 fully saturated rings. The molecule has 0 bridgehead atoms. The van der Waals surface area contributed by atoms with Gasteiger partial charge in [0.05, 0.1) is 15.7 Å². The number of anilines is 1. The topological polar surface area (TPSA) is 41.9 Å². The van der Waals surface area contributed by atoms with E-state index in [1.165, 1.54) is 12.1 Å². The SMILES string of the molecule is Cc1nn(CCCNC(=S)Nc2cccc(C(F)(F)F)c2)cc1Br. The van der Waals surface area contributed by atoms with E-state index in [2.05, 4.69) is 31.7 Å². The smallest absolute Gasteiger partial charge is 0.362 e. The van der Waals surface area contributed by atoms with Crippen LogP contribution in [-0.4, -0.2) is 21.4 Å². The van der Waals surface area contributed by atoms with Crippen LogP contribution in [0.15, 0.2) is 34.9 Å². The number of nitrogens with one attached hydrogen (secondary N) is 2. The molecular formula is C15H16BrF3N4S. The van der Waals surface area contributed by atoms with Crippen molar-refractivity contribution >= 4 is 38.9 Å². The summed E-state index contributed by atoms with van der Waals surface area (Å²) in [6, 6.07) is 4.92. The first kappa shape index (κ1) is 18.7. The lowest BCUT2D eigenvalue weighted by Crippen LogP contribution is -2.29. The molecule has 1 aromatic heterocycles. The molecule has 0 radical (unpaired) electrons. The minimum atomic E-state index is -4.37. The summed E-state index contributed by atoms with van der Waals surface area (Å²) >= 11 is 8.49. The van der Waals surface area contributed by atoms with Crippen molar-refractivity contribution in [1.82, 2.24) is 15.1 Å². The van der Waals surface area contributed by atoms with Gasteiger partial charge in [0, 0.05) is 25.0 Å².